The van der Waals surface area contributed by atoms with Gasteiger partial charge in [0.05, 0.1) is 0 Å². The SMILES string of the molecule is CCCCCSCCNC1CCCCC1. The van der Waals surface area contributed by atoms with Crippen molar-refractivity contribution < 1.29 is 0 Å². The van der Waals surface area contributed by atoms with Crippen LogP contribution in [0.3, 0.4) is 0 Å². The van der Waals surface area contributed by atoms with Gasteiger partial charge in [0.1, 0.15) is 0 Å². The van der Waals surface area contributed by atoms with Crippen LogP contribution in [0, 0.1) is 0 Å². The summed E-state index contributed by atoms with van der Waals surface area (Å²) in [7, 11) is 0. The molecule has 0 aliphatic heterocycles. The molecule has 15 heavy (non-hydrogen) atoms. The smallest absolute Gasteiger partial charge is 0.00673 e. The number of thioether (sulfide) groups is 1. The lowest BCUT2D eigenvalue weighted by Crippen LogP contribution is -2.32. The first-order chi connectivity index (χ1) is 7.43. The number of rotatable bonds is 8. The molecule has 0 radical (unpaired) electrons. The molecule has 0 atom stereocenters. The Morgan fingerprint density at radius 2 is 1.87 bits per heavy atom. The zero-order valence-electron chi connectivity index (χ0n) is 10.3. The molecular formula is C13H27NS. The maximum atomic E-state index is 3.69. The van der Waals surface area contributed by atoms with E-state index < -0.39 is 0 Å². The van der Waals surface area contributed by atoms with E-state index in [1.807, 2.05) is 0 Å². The van der Waals surface area contributed by atoms with Gasteiger partial charge in [0.25, 0.3) is 0 Å². The van der Waals surface area contributed by atoms with Crippen molar-refractivity contribution in [2.75, 3.05) is 18.1 Å². The van der Waals surface area contributed by atoms with Gasteiger partial charge >= 0.3 is 0 Å². The minimum Gasteiger partial charge on any atom is -0.313 e. The predicted molar refractivity (Wildman–Crippen MR) is 71.7 cm³/mol. The average Bonchev–Trinajstić information content (AvgIpc) is 2.29. The highest BCUT2D eigenvalue weighted by Gasteiger charge is 2.11. The monoisotopic (exact) mass is 229 g/mol. The lowest BCUT2D eigenvalue weighted by molar-refractivity contribution is 0.381. The van der Waals surface area contributed by atoms with Gasteiger partial charge in [0, 0.05) is 18.3 Å². The first-order valence-corrected chi connectivity index (χ1v) is 7.90. The molecule has 1 aliphatic carbocycles. The molecule has 0 amide bonds. The Morgan fingerprint density at radius 1 is 1.07 bits per heavy atom. The second kappa shape index (κ2) is 9.53. The molecule has 1 aliphatic rings. The Hall–Kier alpha value is 0.310. The van der Waals surface area contributed by atoms with Crippen LogP contribution < -0.4 is 5.32 Å². The fourth-order valence-corrected chi connectivity index (χ4v) is 3.07. The van der Waals surface area contributed by atoms with E-state index >= 15 is 0 Å². The van der Waals surface area contributed by atoms with Crippen molar-refractivity contribution in [3.8, 4) is 0 Å². The summed E-state index contributed by atoms with van der Waals surface area (Å²) in [5, 5.41) is 3.69. The van der Waals surface area contributed by atoms with Crippen molar-refractivity contribution in [1.82, 2.24) is 5.32 Å². The summed E-state index contributed by atoms with van der Waals surface area (Å²) in [6.07, 6.45) is 11.3. The molecule has 90 valence electrons. The van der Waals surface area contributed by atoms with Crippen molar-refractivity contribution in [2.45, 2.75) is 64.3 Å². The highest BCUT2D eigenvalue weighted by atomic mass is 32.2. The second-order valence-corrected chi connectivity index (χ2v) is 5.83. The lowest BCUT2D eigenvalue weighted by Gasteiger charge is -2.22. The van der Waals surface area contributed by atoms with E-state index in [2.05, 4.69) is 24.0 Å². The number of hydrogen-bond donors (Lipinski definition) is 1. The predicted octanol–water partition coefficient (Wildman–Crippen LogP) is 3.83. The van der Waals surface area contributed by atoms with Gasteiger partial charge in [-0.3, -0.25) is 0 Å². The van der Waals surface area contributed by atoms with E-state index in [-0.39, 0.29) is 0 Å². The number of hydrogen-bond acceptors (Lipinski definition) is 2. The third kappa shape index (κ3) is 7.24. The van der Waals surface area contributed by atoms with Crippen molar-refractivity contribution in [1.29, 1.82) is 0 Å². The summed E-state index contributed by atoms with van der Waals surface area (Å²) >= 11 is 2.12. The van der Waals surface area contributed by atoms with E-state index in [1.165, 1.54) is 69.4 Å². The molecule has 0 aromatic rings. The van der Waals surface area contributed by atoms with Crippen molar-refractivity contribution in [2.24, 2.45) is 0 Å². The molecule has 1 nitrogen and oxygen atoms in total. The second-order valence-electron chi connectivity index (χ2n) is 4.61. The van der Waals surface area contributed by atoms with Crippen LogP contribution in [0.2, 0.25) is 0 Å². The molecule has 0 heterocycles. The number of nitrogens with one attached hydrogen (secondary N) is 1. The third-order valence-corrected chi connectivity index (χ3v) is 4.25. The van der Waals surface area contributed by atoms with Crippen LogP contribution in [0.1, 0.15) is 58.3 Å². The fraction of sp³-hybridized carbons (Fsp3) is 1.00. The molecule has 0 aromatic heterocycles. The Bertz CT molecular complexity index is 132. The fourth-order valence-electron chi connectivity index (χ4n) is 2.20. The Balaban J connectivity index is 1.79. The van der Waals surface area contributed by atoms with Crippen LogP contribution in [0.25, 0.3) is 0 Å². The van der Waals surface area contributed by atoms with E-state index in [0.717, 1.165) is 6.04 Å². The first kappa shape index (κ1) is 13.4. The molecule has 1 N–H and O–H groups in total. The topological polar surface area (TPSA) is 12.0 Å². The minimum absolute atomic E-state index is 0.843. The van der Waals surface area contributed by atoms with Gasteiger partial charge in [0.2, 0.25) is 0 Å². The van der Waals surface area contributed by atoms with Crippen molar-refractivity contribution in [3.63, 3.8) is 0 Å². The van der Waals surface area contributed by atoms with Crippen LogP contribution >= 0.6 is 11.8 Å². The van der Waals surface area contributed by atoms with Crippen LogP contribution in [-0.4, -0.2) is 24.1 Å². The van der Waals surface area contributed by atoms with Crippen LogP contribution in [0.5, 0.6) is 0 Å². The Kier molecular flexibility index (Phi) is 8.50. The summed E-state index contributed by atoms with van der Waals surface area (Å²) in [5.74, 6) is 2.67. The minimum atomic E-state index is 0.843. The van der Waals surface area contributed by atoms with E-state index in [9.17, 15) is 0 Å². The molecule has 0 saturated heterocycles. The number of unbranched alkanes of at least 4 members (excludes halogenated alkanes) is 2. The van der Waals surface area contributed by atoms with Crippen LogP contribution in [0.4, 0.5) is 0 Å². The van der Waals surface area contributed by atoms with E-state index in [1.54, 1.807) is 0 Å². The maximum absolute atomic E-state index is 3.69. The average molecular weight is 229 g/mol. The molecular weight excluding hydrogens is 202 g/mol. The summed E-state index contributed by atoms with van der Waals surface area (Å²) in [4.78, 5) is 0. The molecule has 1 rings (SSSR count). The Morgan fingerprint density at radius 3 is 2.60 bits per heavy atom. The zero-order valence-corrected chi connectivity index (χ0v) is 11.1. The van der Waals surface area contributed by atoms with Gasteiger partial charge in [0.15, 0.2) is 0 Å². The van der Waals surface area contributed by atoms with Gasteiger partial charge in [-0.15, -0.1) is 0 Å². The highest BCUT2D eigenvalue weighted by molar-refractivity contribution is 7.99. The summed E-state index contributed by atoms with van der Waals surface area (Å²) in [5.41, 5.74) is 0. The van der Waals surface area contributed by atoms with Gasteiger partial charge < -0.3 is 5.32 Å². The standard InChI is InChI=1S/C13H27NS/c1-2-3-7-11-15-12-10-14-13-8-5-4-6-9-13/h13-14H,2-12H2,1H3. The van der Waals surface area contributed by atoms with Crippen molar-refractivity contribution >= 4 is 11.8 Å². The highest BCUT2D eigenvalue weighted by Crippen LogP contribution is 2.17. The molecule has 0 unspecified atom stereocenters. The molecule has 0 bridgehead atoms. The van der Waals surface area contributed by atoms with Crippen LogP contribution in [-0.2, 0) is 0 Å². The summed E-state index contributed by atoms with van der Waals surface area (Å²) in [6.45, 7) is 3.50. The molecule has 2 heteroatoms. The lowest BCUT2D eigenvalue weighted by atomic mass is 9.96. The normalized spacial score (nSPS) is 18.2. The van der Waals surface area contributed by atoms with E-state index in [0.29, 0.717) is 0 Å². The quantitative estimate of drug-likeness (QED) is 0.635. The van der Waals surface area contributed by atoms with E-state index in [4.69, 9.17) is 0 Å². The van der Waals surface area contributed by atoms with Gasteiger partial charge in [-0.2, -0.15) is 11.8 Å². The largest absolute Gasteiger partial charge is 0.313 e. The van der Waals surface area contributed by atoms with Crippen LogP contribution in [0.15, 0.2) is 0 Å². The third-order valence-electron chi connectivity index (χ3n) is 3.18. The summed E-state index contributed by atoms with van der Waals surface area (Å²) in [6, 6.07) is 0.843. The maximum Gasteiger partial charge on any atom is 0.00673 e. The zero-order chi connectivity index (χ0) is 10.8. The molecule has 0 spiro atoms. The molecule has 1 fully saturated rings. The van der Waals surface area contributed by atoms with Gasteiger partial charge in [-0.25, -0.2) is 0 Å². The molecule has 1 saturated carbocycles. The molecule has 0 aromatic carbocycles. The van der Waals surface area contributed by atoms with Crippen molar-refractivity contribution in [3.05, 3.63) is 0 Å². The summed E-state index contributed by atoms with van der Waals surface area (Å²) < 4.78 is 0. The Labute approximate surface area is 99.8 Å². The first-order valence-electron chi connectivity index (χ1n) is 6.74. The van der Waals surface area contributed by atoms with Gasteiger partial charge in [-0.1, -0.05) is 39.0 Å². The van der Waals surface area contributed by atoms with Gasteiger partial charge in [-0.05, 0) is 25.0 Å².